The highest BCUT2D eigenvalue weighted by atomic mass is 15.3. The van der Waals surface area contributed by atoms with Crippen LogP contribution in [0.2, 0.25) is 0 Å². The van der Waals surface area contributed by atoms with E-state index in [1.54, 1.807) is 0 Å². The van der Waals surface area contributed by atoms with E-state index in [0.717, 1.165) is 18.7 Å². The fourth-order valence-electron chi connectivity index (χ4n) is 2.10. The lowest BCUT2D eigenvalue weighted by Gasteiger charge is -2.03. The summed E-state index contributed by atoms with van der Waals surface area (Å²) in [6, 6.07) is 10.6. The quantitative estimate of drug-likeness (QED) is 0.767. The molecule has 0 unspecified atom stereocenters. The Bertz CT molecular complexity index is 469. The lowest BCUT2D eigenvalue weighted by atomic mass is 10.0. The number of hydrogen-bond donors (Lipinski definition) is 0. The molecule has 1 heterocycles. The number of hydrogen-bond acceptors (Lipinski definition) is 1. The van der Waals surface area contributed by atoms with Crippen LogP contribution < -0.4 is 0 Å². The summed E-state index contributed by atoms with van der Waals surface area (Å²) in [5, 5.41) is 4.54. The first kappa shape index (κ1) is 10.9. The average molecular weight is 214 g/mol. The molecule has 84 valence electrons. The molecular formula is C14H18N2. The SMILES string of the molecule is CCn1nc(C)c(Cc2ccccc2)c1C. The summed E-state index contributed by atoms with van der Waals surface area (Å²) in [7, 11) is 0. The fraction of sp³-hybridized carbons (Fsp3) is 0.357. The van der Waals surface area contributed by atoms with Crippen molar-refractivity contribution >= 4 is 0 Å². The highest BCUT2D eigenvalue weighted by Crippen LogP contribution is 2.17. The minimum atomic E-state index is 0.946. The molecule has 0 fully saturated rings. The number of aromatic nitrogens is 2. The number of benzene rings is 1. The molecule has 0 aliphatic carbocycles. The first-order valence-corrected chi connectivity index (χ1v) is 5.79. The zero-order valence-corrected chi connectivity index (χ0v) is 10.2. The lowest BCUT2D eigenvalue weighted by Crippen LogP contribution is -1.99. The van der Waals surface area contributed by atoms with E-state index in [-0.39, 0.29) is 0 Å². The molecule has 0 saturated carbocycles. The molecule has 1 aromatic carbocycles. The molecule has 0 aliphatic rings. The Morgan fingerprint density at radius 3 is 2.38 bits per heavy atom. The Kier molecular flexibility index (Phi) is 3.09. The third-order valence-electron chi connectivity index (χ3n) is 3.05. The third-order valence-corrected chi connectivity index (χ3v) is 3.05. The molecule has 0 amide bonds. The number of nitrogens with zero attached hydrogens (tertiary/aromatic N) is 2. The molecule has 0 radical (unpaired) electrons. The van der Waals surface area contributed by atoms with Gasteiger partial charge in [0, 0.05) is 24.2 Å². The normalized spacial score (nSPS) is 10.7. The zero-order chi connectivity index (χ0) is 11.5. The molecule has 2 aromatic rings. The molecule has 0 atom stereocenters. The molecule has 1 aromatic heterocycles. The van der Waals surface area contributed by atoms with Crippen molar-refractivity contribution in [2.75, 3.05) is 0 Å². The second-order valence-electron chi connectivity index (χ2n) is 4.13. The molecule has 0 bridgehead atoms. The van der Waals surface area contributed by atoms with Gasteiger partial charge in [-0.2, -0.15) is 5.10 Å². The second-order valence-corrected chi connectivity index (χ2v) is 4.13. The smallest absolute Gasteiger partial charge is 0.0631 e. The standard InChI is InChI=1S/C14H18N2/c1-4-16-12(3)14(11(2)15-16)10-13-8-6-5-7-9-13/h5-9H,4,10H2,1-3H3. The van der Waals surface area contributed by atoms with Gasteiger partial charge >= 0.3 is 0 Å². The van der Waals surface area contributed by atoms with Crippen molar-refractivity contribution in [2.45, 2.75) is 33.7 Å². The van der Waals surface area contributed by atoms with Crippen molar-refractivity contribution in [3.05, 3.63) is 52.8 Å². The van der Waals surface area contributed by atoms with Gasteiger partial charge in [0.2, 0.25) is 0 Å². The zero-order valence-electron chi connectivity index (χ0n) is 10.2. The first-order chi connectivity index (χ1) is 7.72. The predicted octanol–water partition coefficient (Wildman–Crippen LogP) is 3.11. The van der Waals surface area contributed by atoms with Crippen molar-refractivity contribution in [3.63, 3.8) is 0 Å². The van der Waals surface area contributed by atoms with Crippen molar-refractivity contribution < 1.29 is 0 Å². The number of rotatable bonds is 3. The third kappa shape index (κ3) is 2.01. The fourth-order valence-corrected chi connectivity index (χ4v) is 2.10. The molecule has 16 heavy (non-hydrogen) atoms. The van der Waals surface area contributed by atoms with Crippen LogP contribution in [-0.4, -0.2) is 9.78 Å². The molecule has 2 nitrogen and oxygen atoms in total. The van der Waals surface area contributed by atoms with Crippen molar-refractivity contribution in [1.29, 1.82) is 0 Å². The van der Waals surface area contributed by atoms with Gasteiger partial charge in [-0.1, -0.05) is 30.3 Å². The monoisotopic (exact) mass is 214 g/mol. The Morgan fingerprint density at radius 1 is 1.12 bits per heavy atom. The van der Waals surface area contributed by atoms with E-state index in [1.165, 1.54) is 16.8 Å². The molecule has 2 rings (SSSR count). The van der Waals surface area contributed by atoms with Gasteiger partial charge in [-0.05, 0) is 26.3 Å². The highest BCUT2D eigenvalue weighted by Gasteiger charge is 2.10. The predicted molar refractivity (Wildman–Crippen MR) is 66.6 cm³/mol. The van der Waals surface area contributed by atoms with Crippen molar-refractivity contribution in [1.82, 2.24) is 9.78 Å². The van der Waals surface area contributed by atoms with Crippen LogP contribution in [0.5, 0.6) is 0 Å². The Labute approximate surface area is 96.9 Å². The summed E-state index contributed by atoms with van der Waals surface area (Å²) in [4.78, 5) is 0. The van der Waals surface area contributed by atoms with Crippen LogP contribution in [0.4, 0.5) is 0 Å². The summed E-state index contributed by atoms with van der Waals surface area (Å²) in [6.45, 7) is 7.33. The number of aryl methyl sites for hydroxylation is 2. The molecule has 0 N–H and O–H groups in total. The minimum absolute atomic E-state index is 0.946. The summed E-state index contributed by atoms with van der Waals surface area (Å²) in [5.74, 6) is 0. The summed E-state index contributed by atoms with van der Waals surface area (Å²) >= 11 is 0. The van der Waals surface area contributed by atoms with Crippen LogP contribution in [0.15, 0.2) is 30.3 Å². The van der Waals surface area contributed by atoms with E-state index >= 15 is 0 Å². The minimum Gasteiger partial charge on any atom is -0.270 e. The Hall–Kier alpha value is -1.57. The first-order valence-electron chi connectivity index (χ1n) is 5.79. The summed E-state index contributed by atoms with van der Waals surface area (Å²) < 4.78 is 2.08. The Morgan fingerprint density at radius 2 is 1.81 bits per heavy atom. The van der Waals surface area contributed by atoms with Crippen LogP contribution in [0.3, 0.4) is 0 Å². The maximum atomic E-state index is 4.54. The van der Waals surface area contributed by atoms with Crippen LogP contribution in [0.1, 0.15) is 29.4 Å². The summed E-state index contributed by atoms with van der Waals surface area (Å²) in [6.07, 6.45) is 0.985. The molecule has 2 heteroatoms. The maximum absolute atomic E-state index is 4.54. The highest BCUT2D eigenvalue weighted by molar-refractivity contribution is 5.31. The van der Waals surface area contributed by atoms with Crippen LogP contribution in [0, 0.1) is 13.8 Å². The lowest BCUT2D eigenvalue weighted by molar-refractivity contribution is 0.633. The van der Waals surface area contributed by atoms with E-state index < -0.39 is 0 Å². The van der Waals surface area contributed by atoms with Crippen LogP contribution >= 0.6 is 0 Å². The van der Waals surface area contributed by atoms with E-state index in [4.69, 9.17) is 0 Å². The van der Waals surface area contributed by atoms with E-state index in [0.29, 0.717) is 0 Å². The molecule has 0 aliphatic heterocycles. The van der Waals surface area contributed by atoms with E-state index in [2.05, 4.69) is 60.9 Å². The maximum Gasteiger partial charge on any atom is 0.0631 e. The summed E-state index contributed by atoms with van der Waals surface area (Å²) in [5.41, 5.74) is 5.17. The van der Waals surface area contributed by atoms with Crippen LogP contribution in [0.25, 0.3) is 0 Å². The van der Waals surface area contributed by atoms with Crippen LogP contribution in [-0.2, 0) is 13.0 Å². The van der Waals surface area contributed by atoms with Gasteiger partial charge in [0.05, 0.1) is 5.69 Å². The molecule has 0 saturated heterocycles. The average Bonchev–Trinajstić information content (AvgIpc) is 2.58. The van der Waals surface area contributed by atoms with E-state index in [1.807, 2.05) is 0 Å². The van der Waals surface area contributed by atoms with Crippen molar-refractivity contribution in [3.8, 4) is 0 Å². The second kappa shape index (κ2) is 4.52. The van der Waals surface area contributed by atoms with Gasteiger partial charge in [-0.15, -0.1) is 0 Å². The van der Waals surface area contributed by atoms with Gasteiger partial charge in [0.1, 0.15) is 0 Å². The van der Waals surface area contributed by atoms with Crippen molar-refractivity contribution in [2.24, 2.45) is 0 Å². The molecular weight excluding hydrogens is 196 g/mol. The van der Waals surface area contributed by atoms with Gasteiger partial charge in [0.25, 0.3) is 0 Å². The topological polar surface area (TPSA) is 17.8 Å². The Balaban J connectivity index is 2.31. The van der Waals surface area contributed by atoms with E-state index in [9.17, 15) is 0 Å². The van der Waals surface area contributed by atoms with Gasteiger partial charge in [-0.25, -0.2) is 0 Å². The molecule has 0 spiro atoms. The van der Waals surface area contributed by atoms with Gasteiger partial charge < -0.3 is 0 Å². The van der Waals surface area contributed by atoms with Gasteiger partial charge in [-0.3, -0.25) is 4.68 Å². The largest absolute Gasteiger partial charge is 0.270 e. The van der Waals surface area contributed by atoms with Gasteiger partial charge in [0.15, 0.2) is 0 Å².